The molecule has 0 spiro atoms. The molecule has 1 unspecified atom stereocenters. The average molecular weight is 402 g/mol. The fraction of sp³-hybridized carbons (Fsp3) is 0.222. The van der Waals surface area contributed by atoms with Crippen molar-refractivity contribution in [2.45, 2.75) is 38.7 Å². The molecule has 0 aliphatic carbocycles. The topological polar surface area (TPSA) is 33.1 Å². The lowest BCUT2D eigenvalue weighted by atomic mass is 10.0. The molecule has 3 rings (SSSR count). The highest BCUT2D eigenvalue weighted by Crippen LogP contribution is 2.26. The highest BCUT2D eigenvalue weighted by Gasteiger charge is 2.07. The lowest BCUT2D eigenvalue weighted by Gasteiger charge is -2.07. The van der Waals surface area contributed by atoms with Gasteiger partial charge >= 0.3 is 0 Å². The Morgan fingerprint density at radius 3 is 2.47 bits per heavy atom. The number of unbranched alkanes of at least 4 members (excludes halogenated alkanes) is 1. The van der Waals surface area contributed by atoms with Crippen LogP contribution in [-0.2, 0) is 6.42 Å². The number of aliphatic hydroxyl groups excluding tert-OH is 1. The quantitative estimate of drug-likeness (QED) is 0.314. The molecule has 3 heteroatoms. The zero-order valence-corrected chi connectivity index (χ0v) is 17.4. The van der Waals surface area contributed by atoms with Gasteiger partial charge in [-0.1, -0.05) is 60.7 Å². The van der Waals surface area contributed by atoms with Crippen molar-refractivity contribution in [2.24, 2.45) is 0 Å². The number of halogens is 1. The standard InChI is InChI=1S/C27H28FNO/c1-3-7-22-12-16-25(26(28)18-22)24-15-17-27(29-19-24)23-13-10-21(11-14-23)9-6-4-5-8-20(2)30/h3,6,9-20,30H,1,4-5,7-8H2,2H3/b9-6+. The Morgan fingerprint density at radius 1 is 1.07 bits per heavy atom. The van der Waals surface area contributed by atoms with Gasteiger partial charge in [-0.25, -0.2) is 4.39 Å². The highest BCUT2D eigenvalue weighted by molar-refractivity contribution is 5.68. The number of pyridine rings is 1. The maximum Gasteiger partial charge on any atom is 0.131 e. The van der Waals surface area contributed by atoms with Crippen molar-refractivity contribution >= 4 is 6.08 Å². The van der Waals surface area contributed by atoms with Gasteiger partial charge in [-0.2, -0.15) is 0 Å². The Morgan fingerprint density at radius 2 is 1.83 bits per heavy atom. The molecule has 1 heterocycles. The maximum atomic E-state index is 14.4. The van der Waals surface area contributed by atoms with Crippen LogP contribution in [0.4, 0.5) is 4.39 Å². The van der Waals surface area contributed by atoms with E-state index in [9.17, 15) is 9.50 Å². The second-order valence-corrected chi connectivity index (χ2v) is 7.54. The summed E-state index contributed by atoms with van der Waals surface area (Å²) in [5, 5.41) is 9.28. The van der Waals surface area contributed by atoms with Crippen molar-refractivity contribution in [3.8, 4) is 22.4 Å². The van der Waals surface area contributed by atoms with E-state index in [1.165, 1.54) is 0 Å². The van der Waals surface area contributed by atoms with Gasteiger partial charge in [0, 0.05) is 22.9 Å². The molecule has 2 nitrogen and oxygen atoms in total. The zero-order valence-electron chi connectivity index (χ0n) is 17.4. The van der Waals surface area contributed by atoms with E-state index in [0.717, 1.165) is 47.2 Å². The van der Waals surface area contributed by atoms with Gasteiger partial charge in [0.1, 0.15) is 5.82 Å². The summed E-state index contributed by atoms with van der Waals surface area (Å²) in [6, 6.07) is 17.3. The largest absolute Gasteiger partial charge is 0.393 e. The van der Waals surface area contributed by atoms with Crippen molar-refractivity contribution in [1.82, 2.24) is 4.98 Å². The van der Waals surface area contributed by atoms with Gasteiger partial charge in [-0.3, -0.25) is 4.98 Å². The first-order valence-corrected chi connectivity index (χ1v) is 10.4. The molecular weight excluding hydrogens is 373 g/mol. The molecule has 30 heavy (non-hydrogen) atoms. The number of hydrogen-bond donors (Lipinski definition) is 1. The molecule has 1 N–H and O–H groups in total. The SMILES string of the molecule is C=CCc1ccc(-c2ccc(-c3ccc(/C=C/CCCC(C)O)cc3)nc2)c(F)c1. The summed E-state index contributed by atoms with van der Waals surface area (Å²) in [5.41, 5.74) is 5.24. The Balaban J connectivity index is 1.66. The van der Waals surface area contributed by atoms with Gasteiger partial charge in [0.15, 0.2) is 0 Å². The van der Waals surface area contributed by atoms with Gasteiger partial charge in [-0.15, -0.1) is 6.58 Å². The minimum atomic E-state index is -0.242. The number of nitrogens with zero attached hydrogens (tertiary/aromatic N) is 1. The fourth-order valence-corrected chi connectivity index (χ4v) is 3.33. The number of benzene rings is 2. The van der Waals surface area contributed by atoms with E-state index < -0.39 is 0 Å². The molecule has 0 saturated heterocycles. The summed E-state index contributed by atoms with van der Waals surface area (Å²) in [7, 11) is 0. The second-order valence-electron chi connectivity index (χ2n) is 7.54. The molecule has 0 amide bonds. The molecule has 2 aromatic carbocycles. The molecular formula is C27H28FNO. The Labute approximate surface area is 178 Å². The predicted octanol–water partition coefficient (Wildman–Crippen LogP) is 6.85. The lowest BCUT2D eigenvalue weighted by molar-refractivity contribution is 0.182. The molecule has 154 valence electrons. The van der Waals surface area contributed by atoms with Crippen molar-refractivity contribution in [2.75, 3.05) is 0 Å². The zero-order chi connectivity index (χ0) is 21.3. The van der Waals surface area contributed by atoms with E-state index in [0.29, 0.717) is 12.0 Å². The summed E-state index contributed by atoms with van der Waals surface area (Å²) in [4.78, 5) is 4.53. The lowest BCUT2D eigenvalue weighted by Crippen LogP contribution is -1.97. The van der Waals surface area contributed by atoms with Crippen LogP contribution in [0, 0.1) is 5.82 Å². The molecule has 0 radical (unpaired) electrons. The molecule has 0 aliphatic rings. The number of aliphatic hydroxyl groups is 1. The number of rotatable bonds is 9. The molecule has 1 aromatic heterocycles. The summed E-state index contributed by atoms with van der Waals surface area (Å²) in [5.74, 6) is -0.242. The maximum absolute atomic E-state index is 14.4. The molecule has 1 atom stereocenters. The summed E-state index contributed by atoms with van der Waals surface area (Å²) < 4.78 is 14.4. The van der Waals surface area contributed by atoms with E-state index in [2.05, 4.69) is 35.8 Å². The molecule has 3 aromatic rings. The first-order chi connectivity index (χ1) is 14.6. The Hall–Kier alpha value is -3.04. The Bertz CT molecular complexity index is 988. The number of allylic oxidation sites excluding steroid dienone is 2. The molecule has 0 bridgehead atoms. The second kappa shape index (κ2) is 10.7. The average Bonchev–Trinajstić information content (AvgIpc) is 2.74. The van der Waals surface area contributed by atoms with Crippen LogP contribution in [0.3, 0.4) is 0 Å². The first kappa shape index (κ1) is 21.7. The van der Waals surface area contributed by atoms with Crippen molar-refractivity contribution in [3.05, 3.63) is 96.5 Å². The van der Waals surface area contributed by atoms with Crippen LogP contribution in [0.25, 0.3) is 28.5 Å². The minimum absolute atomic E-state index is 0.232. The monoisotopic (exact) mass is 401 g/mol. The van der Waals surface area contributed by atoms with E-state index in [4.69, 9.17) is 0 Å². The van der Waals surface area contributed by atoms with Crippen LogP contribution >= 0.6 is 0 Å². The normalized spacial score (nSPS) is 12.2. The summed E-state index contributed by atoms with van der Waals surface area (Å²) in [6.07, 6.45) is 10.9. The Kier molecular flexibility index (Phi) is 7.69. The van der Waals surface area contributed by atoms with Crippen LogP contribution in [0.1, 0.15) is 37.3 Å². The van der Waals surface area contributed by atoms with Crippen molar-refractivity contribution < 1.29 is 9.50 Å². The highest BCUT2D eigenvalue weighted by atomic mass is 19.1. The number of hydrogen-bond acceptors (Lipinski definition) is 2. The van der Waals surface area contributed by atoms with Crippen LogP contribution in [0.5, 0.6) is 0 Å². The third kappa shape index (κ3) is 5.98. The van der Waals surface area contributed by atoms with Gasteiger partial charge in [-0.05, 0) is 55.9 Å². The third-order valence-corrected chi connectivity index (χ3v) is 5.00. The predicted molar refractivity (Wildman–Crippen MR) is 124 cm³/mol. The summed E-state index contributed by atoms with van der Waals surface area (Å²) in [6.45, 7) is 5.51. The fourth-order valence-electron chi connectivity index (χ4n) is 3.33. The van der Waals surface area contributed by atoms with Crippen LogP contribution in [0.2, 0.25) is 0 Å². The van der Waals surface area contributed by atoms with Gasteiger partial charge in [0.2, 0.25) is 0 Å². The van der Waals surface area contributed by atoms with E-state index in [-0.39, 0.29) is 11.9 Å². The third-order valence-electron chi connectivity index (χ3n) is 5.00. The van der Waals surface area contributed by atoms with Crippen LogP contribution < -0.4 is 0 Å². The number of aromatic nitrogens is 1. The van der Waals surface area contributed by atoms with Crippen molar-refractivity contribution in [3.63, 3.8) is 0 Å². The molecule has 0 aliphatic heterocycles. The van der Waals surface area contributed by atoms with Crippen molar-refractivity contribution in [1.29, 1.82) is 0 Å². The van der Waals surface area contributed by atoms with Gasteiger partial charge in [0.25, 0.3) is 0 Å². The van der Waals surface area contributed by atoms with E-state index in [1.54, 1.807) is 24.4 Å². The first-order valence-electron chi connectivity index (χ1n) is 10.4. The van der Waals surface area contributed by atoms with E-state index >= 15 is 0 Å². The van der Waals surface area contributed by atoms with Gasteiger partial charge in [0.05, 0.1) is 11.8 Å². The van der Waals surface area contributed by atoms with Gasteiger partial charge < -0.3 is 5.11 Å². The van der Waals surface area contributed by atoms with E-state index in [1.807, 2.05) is 37.3 Å². The smallest absolute Gasteiger partial charge is 0.131 e. The summed E-state index contributed by atoms with van der Waals surface area (Å²) >= 11 is 0. The van der Waals surface area contributed by atoms with Crippen LogP contribution in [0.15, 0.2) is 79.5 Å². The van der Waals surface area contributed by atoms with Crippen LogP contribution in [-0.4, -0.2) is 16.2 Å². The minimum Gasteiger partial charge on any atom is -0.393 e. The molecule has 0 saturated carbocycles. The molecule has 0 fully saturated rings.